The van der Waals surface area contributed by atoms with Crippen molar-refractivity contribution in [1.82, 2.24) is 0 Å². The Morgan fingerprint density at radius 2 is 2.55 bits per heavy atom. The Balaban J connectivity index is 2.56. The standard InChI is InChI=1S/C8H9NOS/c9-5-1-3-7(10)8-4-2-6-11-8/h1-2,4-6H,3,9H2. The van der Waals surface area contributed by atoms with Gasteiger partial charge in [0.05, 0.1) is 4.88 Å². The van der Waals surface area contributed by atoms with Crippen LogP contribution in [0.15, 0.2) is 29.8 Å². The highest BCUT2D eigenvalue weighted by Gasteiger charge is 2.02. The van der Waals surface area contributed by atoms with Gasteiger partial charge < -0.3 is 5.73 Å². The van der Waals surface area contributed by atoms with E-state index in [1.54, 1.807) is 6.08 Å². The number of hydrogen-bond acceptors (Lipinski definition) is 3. The molecule has 0 amide bonds. The van der Waals surface area contributed by atoms with Crippen molar-refractivity contribution in [2.75, 3.05) is 0 Å². The molecule has 0 bridgehead atoms. The number of carbonyl (C=O) groups excluding carboxylic acids is 1. The van der Waals surface area contributed by atoms with Crippen LogP contribution in [-0.4, -0.2) is 5.78 Å². The van der Waals surface area contributed by atoms with Crippen molar-refractivity contribution in [3.63, 3.8) is 0 Å². The third-order valence-corrected chi connectivity index (χ3v) is 2.15. The van der Waals surface area contributed by atoms with Crippen molar-refractivity contribution in [1.29, 1.82) is 0 Å². The summed E-state index contributed by atoms with van der Waals surface area (Å²) in [5.74, 6) is 0.127. The van der Waals surface area contributed by atoms with E-state index in [9.17, 15) is 4.79 Å². The number of allylic oxidation sites excluding steroid dienone is 1. The molecule has 0 atom stereocenters. The first-order valence-electron chi connectivity index (χ1n) is 3.28. The van der Waals surface area contributed by atoms with Crippen LogP contribution in [0.25, 0.3) is 0 Å². The second-order valence-corrected chi connectivity index (χ2v) is 2.98. The molecular formula is C8H9NOS. The SMILES string of the molecule is NC=CCC(=O)c1cccs1. The van der Waals surface area contributed by atoms with Crippen LogP contribution in [0.3, 0.4) is 0 Å². The monoisotopic (exact) mass is 167 g/mol. The summed E-state index contributed by atoms with van der Waals surface area (Å²) in [5, 5.41) is 1.89. The van der Waals surface area contributed by atoms with Crippen molar-refractivity contribution in [3.05, 3.63) is 34.7 Å². The Labute approximate surface area is 69.3 Å². The summed E-state index contributed by atoms with van der Waals surface area (Å²) in [7, 11) is 0. The number of thiophene rings is 1. The van der Waals surface area contributed by atoms with Gasteiger partial charge in [-0.25, -0.2) is 0 Å². The van der Waals surface area contributed by atoms with Crippen molar-refractivity contribution in [2.45, 2.75) is 6.42 Å². The lowest BCUT2D eigenvalue weighted by molar-refractivity contribution is 0.0999. The summed E-state index contributed by atoms with van der Waals surface area (Å²) in [6.07, 6.45) is 3.45. The molecule has 0 saturated carbocycles. The fraction of sp³-hybridized carbons (Fsp3) is 0.125. The highest BCUT2D eigenvalue weighted by molar-refractivity contribution is 7.12. The molecule has 0 aliphatic carbocycles. The summed E-state index contributed by atoms with van der Waals surface area (Å²) in [5.41, 5.74) is 5.10. The highest BCUT2D eigenvalue weighted by atomic mass is 32.1. The zero-order valence-corrected chi connectivity index (χ0v) is 6.80. The minimum Gasteiger partial charge on any atom is -0.405 e. The number of hydrogen-bond donors (Lipinski definition) is 1. The van der Waals surface area contributed by atoms with Crippen LogP contribution in [-0.2, 0) is 0 Å². The number of rotatable bonds is 3. The van der Waals surface area contributed by atoms with Gasteiger partial charge >= 0.3 is 0 Å². The van der Waals surface area contributed by atoms with Crippen LogP contribution in [0, 0.1) is 0 Å². The van der Waals surface area contributed by atoms with E-state index >= 15 is 0 Å². The molecule has 3 heteroatoms. The van der Waals surface area contributed by atoms with Gasteiger partial charge in [0.1, 0.15) is 0 Å². The number of Topliss-reactive ketones (excluding diaryl/α,β-unsaturated/α-hetero) is 1. The lowest BCUT2D eigenvalue weighted by atomic mass is 10.2. The Kier molecular flexibility index (Phi) is 2.86. The maximum absolute atomic E-state index is 11.2. The Morgan fingerprint density at radius 1 is 1.73 bits per heavy atom. The molecule has 11 heavy (non-hydrogen) atoms. The van der Waals surface area contributed by atoms with Crippen molar-refractivity contribution >= 4 is 17.1 Å². The summed E-state index contributed by atoms with van der Waals surface area (Å²) < 4.78 is 0. The second kappa shape index (κ2) is 3.93. The van der Waals surface area contributed by atoms with Gasteiger partial charge in [0.15, 0.2) is 5.78 Å². The van der Waals surface area contributed by atoms with Gasteiger partial charge in [-0.3, -0.25) is 4.79 Å². The molecule has 58 valence electrons. The van der Waals surface area contributed by atoms with Gasteiger partial charge in [0.25, 0.3) is 0 Å². The molecule has 1 heterocycles. The minimum absolute atomic E-state index is 0.127. The fourth-order valence-electron chi connectivity index (χ4n) is 0.713. The van der Waals surface area contributed by atoms with Gasteiger partial charge in [-0.15, -0.1) is 11.3 Å². The summed E-state index contributed by atoms with van der Waals surface area (Å²) in [6, 6.07) is 3.68. The molecule has 0 aliphatic rings. The molecule has 1 aromatic heterocycles. The maximum atomic E-state index is 11.2. The van der Waals surface area contributed by atoms with Gasteiger partial charge in [0.2, 0.25) is 0 Å². The Morgan fingerprint density at radius 3 is 3.09 bits per heavy atom. The molecule has 1 rings (SSSR count). The second-order valence-electron chi connectivity index (χ2n) is 2.03. The first kappa shape index (κ1) is 8.01. The van der Waals surface area contributed by atoms with Crippen molar-refractivity contribution in [2.24, 2.45) is 5.73 Å². The summed E-state index contributed by atoms with van der Waals surface area (Å²) >= 11 is 1.46. The largest absolute Gasteiger partial charge is 0.405 e. The van der Waals surface area contributed by atoms with E-state index in [4.69, 9.17) is 5.73 Å². The van der Waals surface area contributed by atoms with Crippen LogP contribution < -0.4 is 5.73 Å². The number of carbonyl (C=O) groups is 1. The molecular weight excluding hydrogens is 158 g/mol. The molecule has 0 fully saturated rings. The molecule has 0 saturated heterocycles. The number of nitrogens with two attached hydrogens (primary N) is 1. The lowest BCUT2D eigenvalue weighted by Crippen LogP contribution is -1.93. The first-order chi connectivity index (χ1) is 5.34. The van der Waals surface area contributed by atoms with E-state index in [2.05, 4.69) is 0 Å². The normalized spacial score (nSPS) is 10.5. The van der Waals surface area contributed by atoms with Crippen LogP contribution in [0.1, 0.15) is 16.1 Å². The summed E-state index contributed by atoms with van der Waals surface area (Å²) in [4.78, 5) is 12.0. The number of ketones is 1. The summed E-state index contributed by atoms with van der Waals surface area (Å²) in [6.45, 7) is 0. The lowest BCUT2D eigenvalue weighted by Gasteiger charge is -1.88. The molecule has 0 aliphatic heterocycles. The topological polar surface area (TPSA) is 43.1 Å². The molecule has 0 spiro atoms. The predicted octanol–water partition coefficient (Wildman–Crippen LogP) is 1.79. The average molecular weight is 167 g/mol. The van der Waals surface area contributed by atoms with Crippen LogP contribution in [0.4, 0.5) is 0 Å². The van der Waals surface area contributed by atoms with Crippen LogP contribution in [0.2, 0.25) is 0 Å². The van der Waals surface area contributed by atoms with Gasteiger partial charge in [-0.05, 0) is 17.6 Å². The van der Waals surface area contributed by atoms with E-state index < -0.39 is 0 Å². The molecule has 0 aromatic carbocycles. The van der Waals surface area contributed by atoms with E-state index in [-0.39, 0.29) is 5.78 Å². The van der Waals surface area contributed by atoms with Crippen molar-refractivity contribution in [3.8, 4) is 0 Å². The van der Waals surface area contributed by atoms with E-state index in [1.165, 1.54) is 17.5 Å². The highest BCUT2D eigenvalue weighted by Crippen LogP contribution is 2.10. The molecule has 2 N–H and O–H groups in total. The fourth-order valence-corrected chi connectivity index (χ4v) is 1.39. The van der Waals surface area contributed by atoms with Gasteiger partial charge in [-0.1, -0.05) is 12.1 Å². The Hall–Kier alpha value is -1.09. The zero-order chi connectivity index (χ0) is 8.10. The minimum atomic E-state index is 0.127. The maximum Gasteiger partial charge on any atom is 0.176 e. The van der Waals surface area contributed by atoms with Gasteiger partial charge in [0, 0.05) is 6.42 Å². The Bertz CT molecular complexity index is 251. The van der Waals surface area contributed by atoms with Crippen LogP contribution in [0.5, 0.6) is 0 Å². The quantitative estimate of drug-likeness (QED) is 0.697. The van der Waals surface area contributed by atoms with Gasteiger partial charge in [-0.2, -0.15) is 0 Å². The van der Waals surface area contributed by atoms with Crippen molar-refractivity contribution < 1.29 is 4.79 Å². The molecule has 0 radical (unpaired) electrons. The smallest absolute Gasteiger partial charge is 0.176 e. The zero-order valence-electron chi connectivity index (χ0n) is 5.99. The predicted molar refractivity (Wildman–Crippen MR) is 46.6 cm³/mol. The first-order valence-corrected chi connectivity index (χ1v) is 4.16. The third-order valence-electron chi connectivity index (χ3n) is 1.24. The van der Waals surface area contributed by atoms with Crippen LogP contribution >= 0.6 is 11.3 Å². The van der Waals surface area contributed by atoms with E-state index in [0.717, 1.165) is 4.88 Å². The van der Waals surface area contributed by atoms with E-state index in [0.29, 0.717) is 6.42 Å². The molecule has 1 aromatic rings. The average Bonchev–Trinajstić information content (AvgIpc) is 2.52. The van der Waals surface area contributed by atoms with E-state index in [1.807, 2.05) is 17.5 Å². The molecule has 2 nitrogen and oxygen atoms in total. The third kappa shape index (κ3) is 2.20. The molecule has 0 unspecified atom stereocenters.